The maximum Gasteiger partial charge on any atom is 0.226 e. The molecule has 0 aromatic rings. The van der Waals surface area contributed by atoms with Gasteiger partial charge in [-0.1, -0.05) is 32.6 Å². The third kappa shape index (κ3) is 10.1. The fourth-order valence-electron chi connectivity index (χ4n) is 3.10. The van der Waals surface area contributed by atoms with Crippen molar-refractivity contribution in [2.75, 3.05) is 40.4 Å². The zero-order valence-corrected chi connectivity index (χ0v) is 16.5. The van der Waals surface area contributed by atoms with Gasteiger partial charge in [0.05, 0.1) is 20.6 Å². The third-order valence-electron chi connectivity index (χ3n) is 4.49. The normalized spacial score (nSPS) is 14.6. The van der Waals surface area contributed by atoms with Crippen molar-refractivity contribution >= 4 is 11.8 Å². The Morgan fingerprint density at radius 2 is 1.88 bits per heavy atom. The standard InChI is InChI=1S/C18H35N3O2.ClH/c1-4-5-6-7-8-11-17(22)19-13-10-15-21(2,3)16-20-14-9-12-18(20)23;/h4-16H2,1-3H3;1H. The quantitative estimate of drug-likeness (QED) is 0.377. The summed E-state index contributed by atoms with van der Waals surface area (Å²) in [7, 11) is 4.31. The van der Waals surface area contributed by atoms with Gasteiger partial charge in [0.15, 0.2) is 6.67 Å². The van der Waals surface area contributed by atoms with Crippen molar-refractivity contribution < 1.29 is 26.5 Å². The molecule has 5 nitrogen and oxygen atoms in total. The Bertz CT molecular complexity index is 375. The molecule has 0 saturated carbocycles. The van der Waals surface area contributed by atoms with Crippen LogP contribution in [-0.4, -0.2) is 61.6 Å². The van der Waals surface area contributed by atoms with Crippen LogP contribution in [0.2, 0.25) is 0 Å². The van der Waals surface area contributed by atoms with E-state index in [2.05, 4.69) is 26.3 Å². The Morgan fingerprint density at radius 1 is 1.17 bits per heavy atom. The lowest BCUT2D eigenvalue weighted by Gasteiger charge is -2.33. The molecule has 6 heteroatoms. The van der Waals surface area contributed by atoms with Crippen LogP contribution in [0.5, 0.6) is 0 Å². The van der Waals surface area contributed by atoms with Crippen LogP contribution in [0.4, 0.5) is 0 Å². The van der Waals surface area contributed by atoms with Crippen molar-refractivity contribution in [2.24, 2.45) is 0 Å². The number of nitrogens with one attached hydrogen (secondary N) is 1. The van der Waals surface area contributed by atoms with Crippen molar-refractivity contribution in [2.45, 2.75) is 64.7 Å². The van der Waals surface area contributed by atoms with E-state index in [-0.39, 0.29) is 24.2 Å². The summed E-state index contributed by atoms with van der Waals surface area (Å²) in [6.07, 6.45) is 9.23. The SMILES string of the molecule is CCCCCCCC(=O)NCCC[N+](C)(C)CN1CCCC1=O.[Cl-]. The van der Waals surface area contributed by atoms with Gasteiger partial charge in [-0.15, -0.1) is 0 Å². The summed E-state index contributed by atoms with van der Waals surface area (Å²) in [5.74, 6) is 0.467. The molecule has 0 bridgehead atoms. The van der Waals surface area contributed by atoms with Crippen molar-refractivity contribution in [3.05, 3.63) is 0 Å². The zero-order valence-electron chi connectivity index (χ0n) is 15.8. The molecular weight excluding hydrogens is 326 g/mol. The summed E-state index contributed by atoms with van der Waals surface area (Å²) in [5, 5.41) is 3.02. The van der Waals surface area contributed by atoms with Gasteiger partial charge in [-0.25, -0.2) is 0 Å². The highest BCUT2D eigenvalue weighted by atomic mass is 35.5. The first-order valence-corrected chi connectivity index (χ1v) is 9.31. The van der Waals surface area contributed by atoms with Gasteiger partial charge in [-0.05, 0) is 12.8 Å². The summed E-state index contributed by atoms with van der Waals surface area (Å²) in [5.41, 5.74) is 0. The molecule has 0 aromatic carbocycles. The Kier molecular flexibility index (Phi) is 12.1. The summed E-state index contributed by atoms with van der Waals surface area (Å²) >= 11 is 0. The van der Waals surface area contributed by atoms with Crippen LogP contribution >= 0.6 is 0 Å². The summed E-state index contributed by atoms with van der Waals surface area (Å²) < 4.78 is 0.804. The lowest BCUT2D eigenvalue weighted by molar-refractivity contribution is -0.898. The Morgan fingerprint density at radius 3 is 2.50 bits per heavy atom. The largest absolute Gasteiger partial charge is 1.00 e. The highest BCUT2D eigenvalue weighted by molar-refractivity contribution is 5.77. The van der Waals surface area contributed by atoms with E-state index in [1.807, 2.05) is 4.90 Å². The lowest BCUT2D eigenvalue weighted by Crippen LogP contribution is -3.00. The molecule has 2 amide bonds. The first-order chi connectivity index (χ1) is 10.9. The Labute approximate surface area is 154 Å². The number of carbonyl (C=O) groups excluding carboxylic acids is 2. The van der Waals surface area contributed by atoms with Gasteiger partial charge in [-0.2, -0.15) is 0 Å². The summed E-state index contributed by atoms with van der Waals surface area (Å²) in [6, 6.07) is 0. The van der Waals surface area contributed by atoms with Crippen molar-refractivity contribution in [3.63, 3.8) is 0 Å². The number of nitrogens with zero attached hydrogens (tertiary/aromatic N) is 2. The number of unbranched alkanes of at least 4 members (excludes halogenated alkanes) is 4. The number of carbonyl (C=O) groups is 2. The van der Waals surface area contributed by atoms with Crippen LogP contribution in [0.25, 0.3) is 0 Å². The Balaban J connectivity index is 0.00000529. The smallest absolute Gasteiger partial charge is 0.226 e. The second kappa shape index (κ2) is 12.5. The van der Waals surface area contributed by atoms with Gasteiger partial charge in [0, 0.05) is 32.4 Å². The molecule has 1 aliphatic heterocycles. The average Bonchev–Trinajstić information content (AvgIpc) is 2.88. The first-order valence-electron chi connectivity index (χ1n) is 9.31. The zero-order chi connectivity index (χ0) is 17.1. The first kappa shape index (κ1) is 23.2. The van der Waals surface area contributed by atoms with Crippen LogP contribution in [0, 0.1) is 0 Å². The van der Waals surface area contributed by atoms with Crippen LogP contribution < -0.4 is 17.7 Å². The number of rotatable bonds is 12. The molecule has 142 valence electrons. The van der Waals surface area contributed by atoms with E-state index in [9.17, 15) is 9.59 Å². The van der Waals surface area contributed by atoms with E-state index in [1.54, 1.807) is 0 Å². The minimum absolute atomic E-state index is 0. The predicted molar refractivity (Wildman–Crippen MR) is 93.8 cm³/mol. The second-order valence-electron chi connectivity index (χ2n) is 7.43. The minimum Gasteiger partial charge on any atom is -1.00 e. The fourth-order valence-corrected chi connectivity index (χ4v) is 3.10. The molecule has 1 fully saturated rings. The maximum atomic E-state index is 11.8. The Hall–Kier alpha value is -0.810. The van der Waals surface area contributed by atoms with Crippen molar-refractivity contribution in [1.29, 1.82) is 0 Å². The highest BCUT2D eigenvalue weighted by Crippen LogP contribution is 2.12. The van der Waals surface area contributed by atoms with E-state index < -0.39 is 0 Å². The van der Waals surface area contributed by atoms with Crippen molar-refractivity contribution in [1.82, 2.24) is 10.2 Å². The molecule has 24 heavy (non-hydrogen) atoms. The molecule has 0 spiro atoms. The molecule has 1 rings (SSSR count). The molecule has 0 unspecified atom stereocenters. The van der Waals surface area contributed by atoms with Crippen LogP contribution in [0.3, 0.4) is 0 Å². The number of amides is 2. The van der Waals surface area contributed by atoms with E-state index in [4.69, 9.17) is 0 Å². The van der Waals surface area contributed by atoms with Gasteiger partial charge in [0.25, 0.3) is 0 Å². The summed E-state index contributed by atoms with van der Waals surface area (Å²) in [6.45, 7) is 5.59. The monoisotopic (exact) mass is 361 g/mol. The van der Waals surface area contributed by atoms with E-state index in [0.717, 1.165) is 56.5 Å². The van der Waals surface area contributed by atoms with E-state index >= 15 is 0 Å². The molecule has 1 N–H and O–H groups in total. The molecule has 1 saturated heterocycles. The molecule has 0 atom stereocenters. The van der Waals surface area contributed by atoms with Crippen LogP contribution in [-0.2, 0) is 9.59 Å². The third-order valence-corrected chi connectivity index (χ3v) is 4.49. The molecule has 0 aromatic heterocycles. The lowest BCUT2D eigenvalue weighted by atomic mass is 10.1. The highest BCUT2D eigenvalue weighted by Gasteiger charge is 2.26. The second-order valence-corrected chi connectivity index (χ2v) is 7.43. The van der Waals surface area contributed by atoms with Crippen molar-refractivity contribution in [3.8, 4) is 0 Å². The number of quaternary nitrogens is 1. The predicted octanol–water partition coefficient (Wildman–Crippen LogP) is -0.486. The molecule has 1 heterocycles. The number of halogens is 1. The van der Waals surface area contributed by atoms with Gasteiger partial charge in [0.2, 0.25) is 11.8 Å². The van der Waals surface area contributed by atoms with Crippen LogP contribution in [0.1, 0.15) is 64.7 Å². The molecule has 0 radical (unpaired) electrons. The summed E-state index contributed by atoms with van der Waals surface area (Å²) in [4.78, 5) is 25.4. The maximum absolute atomic E-state index is 11.8. The molecule has 0 aliphatic carbocycles. The van der Waals surface area contributed by atoms with Crippen LogP contribution in [0.15, 0.2) is 0 Å². The topological polar surface area (TPSA) is 49.4 Å². The number of hydrogen-bond donors (Lipinski definition) is 1. The van der Waals surface area contributed by atoms with Gasteiger partial charge < -0.3 is 22.2 Å². The molecule has 1 aliphatic rings. The van der Waals surface area contributed by atoms with Gasteiger partial charge in [0.1, 0.15) is 0 Å². The minimum atomic E-state index is 0. The van der Waals surface area contributed by atoms with Gasteiger partial charge >= 0.3 is 0 Å². The average molecular weight is 362 g/mol. The molecular formula is C18H36ClN3O2. The van der Waals surface area contributed by atoms with E-state index in [1.165, 1.54) is 19.3 Å². The van der Waals surface area contributed by atoms with E-state index in [0.29, 0.717) is 12.8 Å². The number of likely N-dealkylation sites (tertiary alicyclic amines) is 1. The van der Waals surface area contributed by atoms with Gasteiger partial charge in [-0.3, -0.25) is 14.5 Å². The fraction of sp³-hybridized carbons (Fsp3) is 0.889. The number of hydrogen-bond acceptors (Lipinski definition) is 2.